The van der Waals surface area contributed by atoms with Gasteiger partial charge in [0.1, 0.15) is 0 Å². The maximum Gasteiger partial charge on any atom is 0.0248 e. The van der Waals surface area contributed by atoms with E-state index in [0.29, 0.717) is 18.0 Å². The van der Waals surface area contributed by atoms with Crippen molar-refractivity contribution in [1.82, 2.24) is 10.2 Å². The molecule has 2 heterocycles. The lowest BCUT2D eigenvalue weighted by Crippen LogP contribution is -2.57. The maximum atomic E-state index is 3.74. The second-order valence-electron chi connectivity index (χ2n) is 6.21. The van der Waals surface area contributed by atoms with Gasteiger partial charge in [-0.2, -0.15) is 11.3 Å². The average molecular weight is 280 g/mol. The highest BCUT2D eigenvalue weighted by molar-refractivity contribution is 7.08. The van der Waals surface area contributed by atoms with Crippen molar-refractivity contribution in [2.24, 2.45) is 5.92 Å². The molecular weight excluding hydrogens is 252 g/mol. The number of rotatable bonds is 5. The van der Waals surface area contributed by atoms with Gasteiger partial charge in [0.05, 0.1) is 0 Å². The van der Waals surface area contributed by atoms with Crippen molar-refractivity contribution in [2.75, 3.05) is 13.1 Å². The molecule has 2 nitrogen and oxygen atoms in total. The topological polar surface area (TPSA) is 15.3 Å². The van der Waals surface area contributed by atoms with Gasteiger partial charge in [-0.1, -0.05) is 27.2 Å². The monoisotopic (exact) mass is 280 g/mol. The van der Waals surface area contributed by atoms with Gasteiger partial charge >= 0.3 is 0 Å². The molecule has 1 N–H and O–H groups in total. The van der Waals surface area contributed by atoms with Crippen LogP contribution in [0.4, 0.5) is 0 Å². The lowest BCUT2D eigenvalue weighted by molar-refractivity contribution is 0.0885. The highest BCUT2D eigenvalue weighted by Crippen LogP contribution is 2.22. The van der Waals surface area contributed by atoms with Crippen molar-refractivity contribution in [3.63, 3.8) is 0 Å². The Kier molecular flexibility index (Phi) is 5.43. The van der Waals surface area contributed by atoms with Crippen molar-refractivity contribution in [3.8, 4) is 0 Å². The molecule has 3 heteroatoms. The summed E-state index contributed by atoms with van der Waals surface area (Å²) < 4.78 is 0. The van der Waals surface area contributed by atoms with Crippen LogP contribution in [-0.4, -0.2) is 30.1 Å². The van der Waals surface area contributed by atoms with E-state index in [-0.39, 0.29) is 0 Å². The molecule has 1 aliphatic heterocycles. The van der Waals surface area contributed by atoms with Crippen LogP contribution in [0, 0.1) is 12.8 Å². The number of hydrogen-bond donors (Lipinski definition) is 1. The first kappa shape index (κ1) is 15.0. The zero-order valence-corrected chi connectivity index (χ0v) is 13.6. The molecule has 0 saturated carbocycles. The van der Waals surface area contributed by atoms with Gasteiger partial charge in [-0.15, -0.1) is 0 Å². The molecule has 0 radical (unpaired) electrons. The molecule has 0 amide bonds. The predicted molar refractivity (Wildman–Crippen MR) is 84.8 cm³/mol. The minimum Gasteiger partial charge on any atom is -0.311 e. The van der Waals surface area contributed by atoms with E-state index in [9.17, 15) is 0 Å². The van der Waals surface area contributed by atoms with Gasteiger partial charge in [0, 0.05) is 31.7 Å². The third kappa shape index (κ3) is 3.80. The molecule has 0 spiro atoms. The number of thiophene rings is 1. The largest absolute Gasteiger partial charge is 0.311 e. The number of piperazine rings is 1. The molecule has 2 unspecified atom stereocenters. The van der Waals surface area contributed by atoms with Gasteiger partial charge in [0.25, 0.3) is 0 Å². The quantitative estimate of drug-likeness (QED) is 0.885. The summed E-state index contributed by atoms with van der Waals surface area (Å²) in [5, 5.41) is 8.33. The third-order valence-corrected chi connectivity index (χ3v) is 5.19. The van der Waals surface area contributed by atoms with Crippen LogP contribution < -0.4 is 5.32 Å². The van der Waals surface area contributed by atoms with Crippen molar-refractivity contribution in [1.29, 1.82) is 0 Å². The lowest BCUT2D eigenvalue weighted by atomic mass is 9.96. The van der Waals surface area contributed by atoms with E-state index in [1.54, 1.807) is 0 Å². The first-order valence-electron chi connectivity index (χ1n) is 7.61. The Morgan fingerprint density at radius 1 is 1.42 bits per heavy atom. The summed E-state index contributed by atoms with van der Waals surface area (Å²) in [5.41, 5.74) is 2.98. The van der Waals surface area contributed by atoms with Gasteiger partial charge in [0.15, 0.2) is 0 Å². The molecule has 19 heavy (non-hydrogen) atoms. The summed E-state index contributed by atoms with van der Waals surface area (Å²) >= 11 is 1.83. The molecule has 108 valence electrons. The zero-order chi connectivity index (χ0) is 13.8. The van der Waals surface area contributed by atoms with Crippen LogP contribution in [0.15, 0.2) is 10.8 Å². The molecule has 1 fully saturated rings. The molecule has 1 aromatic heterocycles. The highest BCUT2D eigenvalue weighted by atomic mass is 32.1. The first-order valence-corrected chi connectivity index (χ1v) is 8.55. The van der Waals surface area contributed by atoms with Crippen LogP contribution in [0.25, 0.3) is 0 Å². The van der Waals surface area contributed by atoms with Crippen molar-refractivity contribution in [3.05, 3.63) is 21.9 Å². The summed E-state index contributed by atoms with van der Waals surface area (Å²) in [6, 6.07) is 1.35. The average Bonchev–Trinajstić information content (AvgIpc) is 2.75. The predicted octanol–water partition coefficient (Wildman–Crippen LogP) is 3.66. The minimum absolute atomic E-state index is 0.674. The molecule has 1 aromatic rings. The van der Waals surface area contributed by atoms with E-state index in [4.69, 9.17) is 0 Å². The third-order valence-electron chi connectivity index (χ3n) is 4.28. The van der Waals surface area contributed by atoms with Crippen LogP contribution in [0.1, 0.15) is 44.7 Å². The van der Waals surface area contributed by atoms with E-state index < -0.39 is 0 Å². The summed E-state index contributed by atoms with van der Waals surface area (Å²) in [7, 11) is 0. The van der Waals surface area contributed by atoms with E-state index in [1.165, 1.54) is 30.5 Å². The molecule has 0 aliphatic carbocycles. The van der Waals surface area contributed by atoms with Gasteiger partial charge < -0.3 is 5.32 Å². The van der Waals surface area contributed by atoms with Crippen molar-refractivity contribution in [2.45, 2.75) is 59.2 Å². The van der Waals surface area contributed by atoms with Crippen molar-refractivity contribution < 1.29 is 0 Å². The van der Waals surface area contributed by atoms with E-state index in [1.807, 2.05) is 11.3 Å². The summed E-state index contributed by atoms with van der Waals surface area (Å²) in [5.74, 6) is 0.717. The molecule has 2 atom stereocenters. The zero-order valence-electron chi connectivity index (χ0n) is 12.8. The smallest absolute Gasteiger partial charge is 0.0248 e. The molecule has 1 saturated heterocycles. The Balaban J connectivity index is 2.05. The van der Waals surface area contributed by atoms with E-state index in [0.717, 1.165) is 13.1 Å². The van der Waals surface area contributed by atoms with Crippen LogP contribution in [-0.2, 0) is 6.54 Å². The van der Waals surface area contributed by atoms with Crippen LogP contribution in [0.5, 0.6) is 0 Å². The number of aryl methyl sites for hydroxylation is 1. The Morgan fingerprint density at radius 3 is 2.79 bits per heavy atom. The van der Waals surface area contributed by atoms with E-state index >= 15 is 0 Å². The molecule has 0 aromatic carbocycles. The maximum absolute atomic E-state index is 3.74. The van der Waals surface area contributed by atoms with Gasteiger partial charge in [-0.25, -0.2) is 0 Å². The van der Waals surface area contributed by atoms with Gasteiger partial charge in [-0.3, -0.25) is 4.90 Å². The fourth-order valence-electron chi connectivity index (χ4n) is 3.05. The van der Waals surface area contributed by atoms with Gasteiger partial charge in [0.2, 0.25) is 0 Å². The second kappa shape index (κ2) is 6.87. The second-order valence-corrected chi connectivity index (χ2v) is 6.96. The standard InChI is InChI=1S/C16H28N2S/c1-5-6-15-9-18(16(7-17-15)12(2)3)8-14-11-19-10-13(14)4/h10-12,15-17H,5-9H2,1-4H3. The van der Waals surface area contributed by atoms with Crippen molar-refractivity contribution >= 4 is 11.3 Å². The van der Waals surface area contributed by atoms with Crippen LogP contribution in [0.3, 0.4) is 0 Å². The summed E-state index contributed by atoms with van der Waals surface area (Å²) in [6.45, 7) is 12.7. The number of hydrogen-bond acceptors (Lipinski definition) is 3. The lowest BCUT2D eigenvalue weighted by Gasteiger charge is -2.42. The first-order chi connectivity index (χ1) is 9.11. The Labute approximate surface area is 122 Å². The summed E-state index contributed by atoms with van der Waals surface area (Å²) in [6.07, 6.45) is 2.57. The molecule has 2 rings (SSSR count). The Hall–Kier alpha value is -0.380. The highest BCUT2D eigenvalue weighted by Gasteiger charge is 2.29. The molecule has 0 bridgehead atoms. The van der Waals surface area contributed by atoms with Crippen LogP contribution in [0.2, 0.25) is 0 Å². The minimum atomic E-state index is 0.674. The van der Waals surface area contributed by atoms with E-state index in [2.05, 4.69) is 48.7 Å². The number of nitrogens with zero attached hydrogens (tertiary/aromatic N) is 1. The SMILES string of the molecule is CCCC1CN(Cc2cscc2C)C(C(C)C)CN1. The Bertz CT molecular complexity index is 386. The number of nitrogens with one attached hydrogen (secondary N) is 1. The molecular formula is C16H28N2S. The fraction of sp³-hybridized carbons (Fsp3) is 0.750. The Morgan fingerprint density at radius 2 is 2.21 bits per heavy atom. The fourth-order valence-corrected chi connectivity index (χ4v) is 3.90. The van der Waals surface area contributed by atoms with Gasteiger partial charge in [-0.05, 0) is 41.1 Å². The normalized spacial score (nSPS) is 25.1. The summed E-state index contributed by atoms with van der Waals surface area (Å²) in [4.78, 5) is 2.70. The van der Waals surface area contributed by atoms with Crippen LogP contribution >= 0.6 is 11.3 Å². The molecule has 1 aliphatic rings.